The van der Waals surface area contributed by atoms with Gasteiger partial charge >= 0.3 is 0 Å². The molecule has 1 atom stereocenters. The molecular weight excluding hydrogens is 238 g/mol. The maximum Gasteiger partial charge on any atom is 0.161 e. The molecule has 1 saturated carbocycles. The summed E-state index contributed by atoms with van der Waals surface area (Å²) >= 11 is 0. The van der Waals surface area contributed by atoms with Crippen LogP contribution in [0.1, 0.15) is 37.2 Å². The number of hydrogen-bond acceptors (Lipinski definition) is 3. The molecular formula is C16H23NO2. The summed E-state index contributed by atoms with van der Waals surface area (Å²) in [5, 5.41) is 3.27. The predicted molar refractivity (Wildman–Crippen MR) is 76.1 cm³/mol. The molecule has 19 heavy (non-hydrogen) atoms. The van der Waals surface area contributed by atoms with Gasteiger partial charge in [0.1, 0.15) is 0 Å². The Kier molecular flexibility index (Phi) is 3.92. The average molecular weight is 261 g/mol. The zero-order valence-corrected chi connectivity index (χ0v) is 11.7. The Morgan fingerprint density at radius 1 is 1.21 bits per heavy atom. The first-order valence-corrected chi connectivity index (χ1v) is 7.42. The van der Waals surface area contributed by atoms with Crippen LogP contribution in [0.3, 0.4) is 0 Å². The Morgan fingerprint density at radius 3 is 2.74 bits per heavy atom. The summed E-state index contributed by atoms with van der Waals surface area (Å²) in [5.74, 6) is 3.39. The Labute approximate surface area is 115 Å². The van der Waals surface area contributed by atoms with E-state index >= 15 is 0 Å². The summed E-state index contributed by atoms with van der Waals surface area (Å²) in [5.41, 5.74) is 1.42. The summed E-state index contributed by atoms with van der Waals surface area (Å²) in [7, 11) is 2.03. The van der Waals surface area contributed by atoms with Gasteiger partial charge in [0.15, 0.2) is 11.5 Å². The van der Waals surface area contributed by atoms with E-state index < -0.39 is 0 Å². The molecule has 1 aromatic rings. The molecule has 0 radical (unpaired) electrons. The minimum absolute atomic E-state index is 0.671. The normalized spacial score (nSPS) is 19.8. The topological polar surface area (TPSA) is 30.5 Å². The van der Waals surface area contributed by atoms with Crippen LogP contribution in [0.4, 0.5) is 0 Å². The standard InChI is InChI=1S/C16H23NO2/c1-17-8-7-14(12-3-4-12)13-5-6-15-16(11-13)19-10-2-9-18-15/h5-6,11-12,14,17H,2-4,7-10H2,1H3. The summed E-state index contributed by atoms with van der Waals surface area (Å²) in [6.45, 7) is 2.61. The molecule has 0 bridgehead atoms. The van der Waals surface area contributed by atoms with Crippen molar-refractivity contribution in [1.29, 1.82) is 0 Å². The fourth-order valence-corrected chi connectivity index (χ4v) is 2.88. The van der Waals surface area contributed by atoms with Crippen molar-refractivity contribution in [3.8, 4) is 11.5 Å². The van der Waals surface area contributed by atoms with Crippen molar-refractivity contribution in [2.75, 3.05) is 26.8 Å². The monoisotopic (exact) mass is 261 g/mol. The Hall–Kier alpha value is -1.22. The highest BCUT2D eigenvalue weighted by Gasteiger charge is 2.32. The Balaban J connectivity index is 1.80. The molecule has 0 aromatic heterocycles. The molecule has 0 amide bonds. The molecule has 1 fully saturated rings. The maximum atomic E-state index is 5.80. The molecule has 3 heteroatoms. The van der Waals surface area contributed by atoms with E-state index in [0.717, 1.165) is 43.6 Å². The number of hydrogen-bond donors (Lipinski definition) is 1. The van der Waals surface area contributed by atoms with Crippen molar-refractivity contribution in [3.05, 3.63) is 23.8 Å². The highest BCUT2D eigenvalue weighted by atomic mass is 16.5. The lowest BCUT2D eigenvalue weighted by atomic mass is 9.90. The van der Waals surface area contributed by atoms with E-state index in [1.54, 1.807) is 0 Å². The van der Waals surface area contributed by atoms with Gasteiger partial charge in [-0.05, 0) is 62.4 Å². The van der Waals surface area contributed by atoms with E-state index in [1.807, 2.05) is 7.05 Å². The molecule has 0 spiro atoms. The lowest BCUT2D eigenvalue weighted by Gasteiger charge is -2.18. The van der Waals surface area contributed by atoms with Gasteiger partial charge in [0, 0.05) is 6.42 Å². The third kappa shape index (κ3) is 3.03. The summed E-state index contributed by atoms with van der Waals surface area (Å²) in [6.07, 6.45) is 4.93. The van der Waals surface area contributed by atoms with Gasteiger partial charge in [-0.3, -0.25) is 0 Å². The molecule has 104 valence electrons. The Morgan fingerprint density at radius 2 is 2.00 bits per heavy atom. The van der Waals surface area contributed by atoms with Crippen LogP contribution in [-0.2, 0) is 0 Å². The largest absolute Gasteiger partial charge is 0.490 e. The summed E-state index contributed by atoms with van der Waals surface area (Å²) in [4.78, 5) is 0. The molecule has 1 aliphatic heterocycles. The highest BCUT2D eigenvalue weighted by Crippen LogP contribution is 2.46. The van der Waals surface area contributed by atoms with Gasteiger partial charge in [0.2, 0.25) is 0 Å². The second-order valence-corrected chi connectivity index (χ2v) is 5.59. The fraction of sp³-hybridized carbons (Fsp3) is 0.625. The van der Waals surface area contributed by atoms with Crippen LogP contribution >= 0.6 is 0 Å². The molecule has 2 aliphatic rings. The molecule has 1 unspecified atom stereocenters. The predicted octanol–water partition coefficient (Wildman–Crippen LogP) is 2.95. The molecule has 1 aromatic carbocycles. The lowest BCUT2D eigenvalue weighted by Crippen LogP contribution is -2.13. The highest BCUT2D eigenvalue weighted by molar-refractivity contribution is 5.44. The second kappa shape index (κ2) is 5.83. The van der Waals surface area contributed by atoms with Crippen LogP contribution in [0, 0.1) is 5.92 Å². The number of benzene rings is 1. The van der Waals surface area contributed by atoms with E-state index in [-0.39, 0.29) is 0 Å². The molecule has 1 aliphatic carbocycles. The van der Waals surface area contributed by atoms with Gasteiger partial charge in [-0.1, -0.05) is 6.07 Å². The fourth-order valence-electron chi connectivity index (χ4n) is 2.88. The van der Waals surface area contributed by atoms with Gasteiger partial charge in [0.05, 0.1) is 13.2 Å². The van der Waals surface area contributed by atoms with Crippen molar-refractivity contribution in [1.82, 2.24) is 5.32 Å². The summed E-state index contributed by atoms with van der Waals surface area (Å²) in [6, 6.07) is 6.52. The van der Waals surface area contributed by atoms with Crippen molar-refractivity contribution in [3.63, 3.8) is 0 Å². The zero-order chi connectivity index (χ0) is 13.1. The first-order valence-electron chi connectivity index (χ1n) is 7.42. The van der Waals surface area contributed by atoms with Crippen LogP contribution in [0.25, 0.3) is 0 Å². The number of fused-ring (bicyclic) bond motifs is 1. The SMILES string of the molecule is CNCCC(c1ccc2c(c1)OCCCO2)C1CC1. The van der Waals surface area contributed by atoms with Gasteiger partial charge in [0.25, 0.3) is 0 Å². The van der Waals surface area contributed by atoms with Crippen LogP contribution < -0.4 is 14.8 Å². The van der Waals surface area contributed by atoms with Crippen molar-refractivity contribution < 1.29 is 9.47 Å². The van der Waals surface area contributed by atoms with E-state index in [9.17, 15) is 0 Å². The van der Waals surface area contributed by atoms with Crippen molar-refractivity contribution in [2.24, 2.45) is 5.92 Å². The zero-order valence-electron chi connectivity index (χ0n) is 11.7. The average Bonchev–Trinajstić information content (AvgIpc) is 3.25. The van der Waals surface area contributed by atoms with E-state index in [0.29, 0.717) is 5.92 Å². The smallest absolute Gasteiger partial charge is 0.161 e. The minimum Gasteiger partial charge on any atom is -0.490 e. The van der Waals surface area contributed by atoms with Gasteiger partial charge in [-0.15, -0.1) is 0 Å². The van der Waals surface area contributed by atoms with Gasteiger partial charge in [-0.25, -0.2) is 0 Å². The molecule has 1 heterocycles. The third-order valence-corrected chi connectivity index (χ3v) is 4.10. The van der Waals surface area contributed by atoms with Crippen LogP contribution in [0.5, 0.6) is 11.5 Å². The summed E-state index contributed by atoms with van der Waals surface area (Å²) < 4.78 is 11.5. The number of rotatable bonds is 5. The second-order valence-electron chi connectivity index (χ2n) is 5.59. The van der Waals surface area contributed by atoms with Crippen molar-refractivity contribution >= 4 is 0 Å². The molecule has 3 nitrogen and oxygen atoms in total. The molecule has 3 rings (SSSR count). The van der Waals surface area contributed by atoms with Crippen LogP contribution in [0.15, 0.2) is 18.2 Å². The first kappa shape index (κ1) is 12.8. The first-order chi connectivity index (χ1) is 9.38. The quantitative estimate of drug-likeness (QED) is 0.884. The van der Waals surface area contributed by atoms with Gasteiger partial charge < -0.3 is 14.8 Å². The lowest BCUT2D eigenvalue weighted by molar-refractivity contribution is 0.297. The minimum atomic E-state index is 0.671. The third-order valence-electron chi connectivity index (χ3n) is 4.10. The van der Waals surface area contributed by atoms with Crippen LogP contribution in [0.2, 0.25) is 0 Å². The number of ether oxygens (including phenoxy) is 2. The van der Waals surface area contributed by atoms with Crippen molar-refractivity contribution in [2.45, 2.75) is 31.6 Å². The van der Waals surface area contributed by atoms with E-state index in [2.05, 4.69) is 23.5 Å². The number of nitrogens with one attached hydrogen (secondary N) is 1. The maximum absolute atomic E-state index is 5.80. The molecule has 0 saturated heterocycles. The van der Waals surface area contributed by atoms with E-state index in [1.165, 1.54) is 24.8 Å². The van der Waals surface area contributed by atoms with E-state index in [4.69, 9.17) is 9.47 Å². The molecule has 1 N–H and O–H groups in total. The Bertz CT molecular complexity index is 429. The van der Waals surface area contributed by atoms with Crippen LogP contribution in [-0.4, -0.2) is 26.8 Å². The van der Waals surface area contributed by atoms with Gasteiger partial charge in [-0.2, -0.15) is 0 Å².